The predicted molar refractivity (Wildman–Crippen MR) is 148 cm³/mol. The Hall–Kier alpha value is -4.77. The van der Waals surface area contributed by atoms with Crippen molar-refractivity contribution in [3.05, 3.63) is 82.0 Å². The van der Waals surface area contributed by atoms with Crippen molar-refractivity contribution < 1.29 is 9.84 Å². The van der Waals surface area contributed by atoms with Gasteiger partial charge < -0.3 is 15.2 Å². The third-order valence-electron chi connectivity index (χ3n) is 6.36. The van der Waals surface area contributed by atoms with E-state index in [-0.39, 0.29) is 17.9 Å². The number of methoxy groups -OCH3 is 1. The number of aromatic nitrogens is 6. The minimum atomic E-state index is -0.177. The number of aromatic hydroxyl groups is 1. The first-order chi connectivity index (χ1) is 18.5. The van der Waals surface area contributed by atoms with E-state index in [4.69, 9.17) is 14.8 Å². The van der Waals surface area contributed by atoms with Gasteiger partial charge in [0.1, 0.15) is 46.5 Å². The largest absolute Gasteiger partial charge is 0.508 e. The Morgan fingerprint density at radius 1 is 1.11 bits per heavy atom. The van der Waals surface area contributed by atoms with E-state index < -0.39 is 0 Å². The molecular formula is C27H23N7O3S. The van der Waals surface area contributed by atoms with Crippen LogP contribution in [0.4, 0.5) is 5.82 Å². The number of thiophene rings is 1. The molecule has 11 heteroatoms. The molecule has 6 rings (SSSR count). The number of nitrogens with zero attached hydrogens (tertiary/aromatic N) is 6. The second-order valence-electron chi connectivity index (χ2n) is 8.67. The van der Waals surface area contributed by atoms with Gasteiger partial charge in [0.25, 0.3) is 5.56 Å². The number of rotatable bonds is 6. The monoisotopic (exact) mass is 525 g/mol. The van der Waals surface area contributed by atoms with E-state index in [2.05, 4.69) is 15.3 Å². The van der Waals surface area contributed by atoms with Gasteiger partial charge in [-0.3, -0.25) is 9.36 Å². The van der Waals surface area contributed by atoms with Crippen LogP contribution in [0.2, 0.25) is 0 Å². The second kappa shape index (κ2) is 9.27. The smallest absolute Gasteiger partial charge is 0.267 e. The molecule has 0 saturated carbocycles. The summed E-state index contributed by atoms with van der Waals surface area (Å²) in [7, 11) is 3.35. The summed E-state index contributed by atoms with van der Waals surface area (Å²) in [6, 6.07) is 14.2. The maximum absolute atomic E-state index is 13.9. The van der Waals surface area contributed by atoms with Crippen molar-refractivity contribution in [3.8, 4) is 28.4 Å². The number of anilines is 1. The summed E-state index contributed by atoms with van der Waals surface area (Å²) < 4.78 is 8.89. The normalized spacial score (nSPS) is 11.3. The van der Waals surface area contributed by atoms with Crippen molar-refractivity contribution >= 4 is 38.4 Å². The molecule has 0 atom stereocenters. The van der Waals surface area contributed by atoms with E-state index in [1.165, 1.54) is 17.7 Å². The molecule has 38 heavy (non-hydrogen) atoms. The summed E-state index contributed by atoms with van der Waals surface area (Å²) in [4.78, 5) is 28.4. The van der Waals surface area contributed by atoms with Crippen LogP contribution in [0.1, 0.15) is 11.4 Å². The first-order valence-electron chi connectivity index (χ1n) is 11.8. The lowest BCUT2D eigenvalue weighted by Gasteiger charge is -2.15. The lowest BCUT2D eigenvalue weighted by Crippen LogP contribution is -2.26. The van der Waals surface area contributed by atoms with Gasteiger partial charge in [-0.2, -0.15) is 5.10 Å². The molecule has 2 aromatic carbocycles. The van der Waals surface area contributed by atoms with Gasteiger partial charge in [0, 0.05) is 12.6 Å². The van der Waals surface area contributed by atoms with Crippen LogP contribution < -0.4 is 15.6 Å². The minimum Gasteiger partial charge on any atom is -0.508 e. The highest BCUT2D eigenvalue weighted by molar-refractivity contribution is 7.16. The molecule has 2 N–H and O–H groups in total. The number of para-hydroxylation sites is 2. The molecule has 0 saturated heterocycles. The van der Waals surface area contributed by atoms with Crippen molar-refractivity contribution in [2.75, 3.05) is 19.5 Å². The number of aryl methyl sites for hydroxylation is 1. The van der Waals surface area contributed by atoms with Gasteiger partial charge in [-0.25, -0.2) is 19.6 Å². The fourth-order valence-corrected chi connectivity index (χ4v) is 5.57. The number of benzene rings is 2. The molecule has 0 aliphatic heterocycles. The summed E-state index contributed by atoms with van der Waals surface area (Å²) in [6.45, 7) is 2.06. The number of fused-ring (bicyclic) bond motifs is 2. The molecule has 0 aliphatic rings. The van der Waals surface area contributed by atoms with Crippen molar-refractivity contribution in [2.24, 2.45) is 0 Å². The number of hydrogen-bond acceptors (Lipinski definition) is 9. The number of hydrogen-bond donors (Lipinski definition) is 2. The van der Waals surface area contributed by atoms with Crippen LogP contribution in [0.3, 0.4) is 0 Å². The molecule has 190 valence electrons. The molecule has 0 radical (unpaired) electrons. The van der Waals surface area contributed by atoms with E-state index in [0.717, 1.165) is 5.56 Å². The van der Waals surface area contributed by atoms with Crippen molar-refractivity contribution in [3.63, 3.8) is 0 Å². The number of ether oxygens (including phenoxy) is 1. The predicted octanol–water partition coefficient (Wildman–Crippen LogP) is 4.37. The molecule has 10 nitrogen and oxygen atoms in total. The standard InChI is InChI=1S/C27H23N7O3S/c1-15-13-38-26-21(15)27(36)34(18-9-4-5-10-19(18)37-3)20(31-26)12-33-25-22(24(28-2)29-14-30-25)23(32-33)16-7-6-8-17(35)11-16/h4-11,13-14,35H,12H2,1-3H3,(H,28,29,30). The molecule has 0 fully saturated rings. The summed E-state index contributed by atoms with van der Waals surface area (Å²) in [5.74, 6) is 1.75. The Morgan fingerprint density at radius 2 is 1.95 bits per heavy atom. The van der Waals surface area contributed by atoms with Gasteiger partial charge >= 0.3 is 0 Å². The van der Waals surface area contributed by atoms with Gasteiger partial charge in [-0.1, -0.05) is 24.3 Å². The van der Waals surface area contributed by atoms with Crippen molar-refractivity contribution in [1.82, 2.24) is 29.3 Å². The lowest BCUT2D eigenvalue weighted by molar-refractivity contribution is 0.412. The van der Waals surface area contributed by atoms with Gasteiger partial charge in [0.2, 0.25) is 0 Å². The highest BCUT2D eigenvalue weighted by atomic mass is 32.1. The van der Waals surface area contributed by atoms with E-state index in [0.29, 0.717) is 55.6 Å². The Balaban J connectivity index is 1.62. The van der Waals surface area contributed by atoms with E-state index in [1.54, 1.807) is 41.6 Å². The molecule has 4 aromatic heterocycles. The zero-order chi connectivity index (χ0) is 26.4. The second-order valence-corrected chi connectivity index (χ2v) is 9.52. The maximum Gasteiger partial charge on any atom is 0.267 e. The van der Waals surface area contributed by atoms with Crippen LogP contribution in [0.25, 0.3) is 38.2 Å². The Bertz CT molecular complexity index is 1890. The quantitative estimate of drug-likeness (QED) is 0.329. The van der Waals surface area contributed by atoms with Gasteiger partial charge in [0.15, 0.2) is 5.65 Å². The van der Waals surface area contributed by atoms with E-state index in [1.807, 2.05) is 42.6 Å². The van der Waals surface area contributed by atoms with Crippen LogP contribution in [0.15, 0.2) is 65.0 Å². The van der Waals surface area contributed by atoms with Crippen molar-refractivity contribution in [2.45, 2.75) is 13.5 Å². The van der Waals surface area contributed by atoms with Crippen LogP contribution in [-0.2, 0) is 6.54 Å². The Kier molecular flexibility index (Phi) is 5.76. The molecule has 0 aliphatic carbocycles. The number of nitrogens with one attached hydrogen (secondary N) is 1. The third-order valence-corrected chi connectivity index (χ3v) is 7.35. The summed E-state index contributed by atoms with van der Waals surface area (Å²) in [5, 5.41) is 21.3. The van der Waals surface area contributed by atoms with Crippen molar-refractivity contribution in [1.29, 1.82) is 0 Å². The first-order valence-corrected chi connectivity index (χ1v) is 12.7. The highest BCUT2D eigenvalue weighted by Crippen LogP contribution is 2.33. The average molecular weight is 526 g/mol. The first kappa shape index (κ1) is 23.6. The zero-order valence-electron chi connectivity index (χ0n) is 20.8. The molecule has 0 amide bonds. The third kappa shape index (κ3) is 3.75. The summed E-state index contributed by atoms with van der Waals surface area (Å²) in [5.41, 5.74) is 3.15. The number of phenols is 1. The molecule has 0 spiro atoms. The Labute approximate surface area is 220 Å². The van der Waals surface area contributed by atoms with Crippen LogP contribution in [0.5, 0.6) is 11.5 Å². The Morgan fingerprint density at radius 3 is 2.74 bits per heavy atom. The zero-order valence-corrected chi connectivity index (χ0v) is 21.7. The highest BCUT2D eigenvalue weighted by Gasteiger charge is 2.22. The summed E-state index contributed by atoms with van der Waals surface area (Å²) >= 11 is 1.43. The van der Waals surface area contributed by atoms with E-state index in [9.17, 15) is 9.90 Å². The SMILES string of the molecule is CNc1ncnc2c1c(-c1cccc(O)c1)nn2Cc1nc2scc(C)c2c(=O)n1-c1ccccc1OC. The lowest BCUT2D eigenvalue weighted by atomic mass is 10.1. The number of phenolic OH excluding ortho intramolecular Hbond substituents is 1. The topological polar surface area (TPSA) is 120 Å². The average Bonchev–Trinajstić information content (AvgIpc) is 3.49. The summed E-state index contributed by atoms with van der Waals surface area (Å²) in [6.07, 6.45) is 1.46. The molecule has 0 unspecified atom stereocenters. The van der Waals surface area contributed by atoms with Crippen LogP contribution in [0, 0.1) is 6.92 Å². The van der Waals surface area contributed by atoms with Gasteiger partial charge in [-0.15, -0.1) is 11.3 Å². The maximum atomic E-state index is 13.9. The molecule has 4 heterocycles. The fraction of sp³-hybridized carbons (Fsp3) is 0.148. The molecule has 6 aromatic rings. The van der Waals surface area contributed by atoms with Crippen LogP contribution >= 0.6 is 11.3 Å². The fourth-order valence-electron chi connectivity index (χ4n) is 4.64. The van der Waals surface area contributed by atoms with Crippen LogP contribution in [-0.4, -0.2) is 48.6 Å². The minimum absolute atomic E-state index is 0.123. The van der Waals surface area contributed by atoms with Gasteiger partial charge in [0.05, 0.1) is 23.6 Å². The van der Waals surface area contributed by atoms with Gasteiger partial charge in [-0.05, 0) is 42.1 Å². The molecule has 0 bridgehead atoms. The molecular weight excluding hydrogens is 502 g/mol. The van der Waals surface area contributed by atoms with E-state index >= 15 is 0 Å².